The molecule has 15 N–H and O–H groups in total. The van der Waals surface area contributed by atoms with E-state index in [4.69, 9.17) is 41.9 Å². The monoisotopic (exact) mass is 603 g/mol. The van der Waals surface area contributed by atoms with Crippen LogP contribution >= 0.6 is 0 Å². The smallest absolute Gasteiger partial charge is 0.253 e. The van der Waals surface area contributed by atoms with Gasteiger partial charge >= 0.3 is 0 Å². The third kappa shape index (κ3) is 7.23. The predicted octanol–water partition coefficient (Wildman–Crippen LogP) is -5.25. The first-order valence-electron chi connectivity index (χ1n) is 14.6. The zero-order valence-electron chi connectivity index (χ0n) is 24.2. The number of nitrogens with one attached hydrogen (secondary N) is 3. The van der Waals surface area contributed by atoms with Gasteiger partial charge in [-0.1, -0.05) is 0 Å². The number of likely N-dealkylation sites (N-methyl/N-ethyl adjacent to an activating group) is 1. The minimum Gasteiger partial charge on any atom is -0.467 e. The number of carbonyl (C=O) groups is 1. The van der Waals surface area contributed by atoms with Crippen LogP contribution in [0.5, 0.6) is 0 Å². The lowest BCUT2D eigenvalue weighted by Gasteiger charge is -2.49. The van der Waals surface area contributed by atoms with Gasteiger partial charge in [0.2, 0.25) is 6.29 Å². The molecule has 13 atom stereocenters. The molecule has 0 aromatic carbocycles. The van der Waals surface area contributed by atoms with E-state index in [1.54, 1.807) is 7.05 Å². The molecule has 242 valence electrons. The lowest BCUT2D eigenvalue weighted by molar-refractivity contribution is -0.304. The van der Waals surface area contributed by atoms with Crippen molar-refractivity contribution >= 4 is 5.91 Å². The van der Waals surface area contributed by atoms with Crippen LogP contribution in [-0.2, 0) is 23.7 Å². The topological polar surface area (TPSA) is 275 Å². The van der Waals surface area contributed by atoms with Gasteiger partial charge in [0.05, 0.1) is 31.3 Å². The maximum Gasteiger partial charge on any atom is 0.253 e. The summed E-state index contributed by atoms with van der Waals surface area (Å²) in [5.41, 5.74) is 20.9. The molecule has 42 heavy (non-hydrogen) atoms. The van der Waals surface area contributed by atoms with Gasteiger partial charge in [0.1, 0.15) is 35.8 Å². The fraction of sp³-hybridized carbons (Fsp3) is 0.885. The molecule has 16 heteroatoms. The standard InChI is InChI=1S/C26H49N7O9/c1-25(37)11-39-23(18(35)21(25)31-2)42-20-15(33-24(36)26(38)9-16(26)30)8-14(29)19(17(20)34)41-22-13(28)5-4-12(40-22)10-32-7-3-6-27/h4,13-23,31-32,34-35,37-38H,3,5-11,27-30H2,1-2H3,(H,33,36)/t13-,14+,15-,16?,17+,18+,19-,20+,21+,22-,23+,25-,26?/m1/s1. The summed E-state index contributed by atoms with van der Waals surface area (Å²) in [6, 6.07) is -3.78. The Kier molecular flexibility index (Phi) is 10.8. The molecular weight excluding hydrogens is 554 g/mol. The summed E-state index contributed by atoms with van der Waals surface area (Å²) in [7, 11) is 1.58. The Morgan fingerprint density at radius 1 is 1.12 bits per heavy atom. The van der Waals surface area contributed by atoms with E-state index in [1.807, 2.05) is 6.08 Å². The van der Waals surface area contributed by atoms with E-state index >= 15 is 0 Å². The molecule has 0 aromatic heterocycles. The highest BCUT2D eigenvalue weighted by molar-refractivity contribution is 5.89. The molecule has 16 nitrogen and oxygen atoms in total. The summed E-state index contributed by atoms with van der Waals surface area (Å²) in [6.45, 7) is 3.07. The quantitative estimate of drug-likeness (QED) is 0.0930. The molecular formula is C26H49N7O9. The molecule has 2 heterocycles. The van der Waals surface area contributed by atoms with Gasteiger partial charge in [0, 0.05) is 18.5 Å². The van der Waals surface area contributed by atoms with Gasteiger partial charge in [-0.05, 0) is 52.4 Å². The number of aliphatic hydroxyl groups is 4. The normalized spacial score (nSPS) is 45.6. The van der Waals surface area contributed by atoms with Gasteiger partial charge in [-0.3, -0.25) is 4.79 Å². The Bertz CT molecular complexity index is 961. The first-order valence-corrected chi connectivity index (χ1v) is 14.6. The number of rotatable bonds is 12. The van der Waals surface area contributed by atoms with Gasteiger partial charge in [-0.2, -0.15) is 0 Å². The Morgan fingerprint density at radius 3 is 2.45 bits per heavy atom. The van der Waals surface area contributed by atoms with Crippen LogP contribution in [-0.4, -0.2) is 138 Å². The Balaban J connectivity index is 1.49. The Labute approximate surface area is 245 Å². The van der Waals surface area contributed by atoms with Gasteiger partial charge in [-0.15, -0.1) is 0 Å². The number of amides is 1. The van der Waals surface area contributed by atoms with Crippen LogP contribution < -0.4 is 38.9 Å². The Hall–Kier alpha value is -1.51. The number of carbonyl (C=O) groups excluding carboxylic acids is 1. The van der Waals surface area contributed by atoms with Gasteiger partial charge in [0.15, 0.2) is 11.9 Å². The molecule has 0 bridgehead atoms. The summed E-state index contributed by atoms with van der Waals surface area (Å²) in [5.74, 6) is -0.0866. The number of ether oxygens (including phenoxy) is 4. The van der Waals surface area contributed by atoms with Crippen LogP contribution in [0.4, 0.5) is 0 Å². The molecule has 2 unspecified atom stereocenters. The molecule has 3 fully saturated rings. The van der Waals surface area contributed by atoms with Crippen molar-refractivity contribution < 1.29 is 44.2 Å². The first-order chi connectivity index (χ1) is 19.8. The summed E-state index contributed by atoms with van der Waals surface area (Å²) in [4.78, 5) is 12.9. The second-order valence-electron chi connectivity index (χ2n) is 12.1. The van der Waals surface area contributed by atoms with E-state index in [1.165, 1.54) is 6.92 Å². The zero-order chi connectivity index (χ0) is 30.8. The third-order valence-electron chi connectivity index (χ3n) is 8.53. The van der Waals surface area contributed by atoms with Crippen LogP contribution in [0.1, 0.15) is 32.6 Å². The molecule has 4 rings (SSSR count). The minimum atomic E-state index is -1.73. The summed E-state index contributed by atoms with van der Waals surface area (Å²) >= 11 is 0. The molecule has 4 aliphatic rings. The molecule has 2 aliphatic carbocycles. The second-order valence-corrected chi connectivity index (χ2v) is 12.1. The SMILES string of the molecule is CN[C@H]1[C@H](O)[C@H](O[C@@H]2[C@@H](O)[C@H](O[C@H]3OC(CNCCCN)=CC[C@H]3N)[C@@H](N)C[C@H]2NC(=O)C2(O)CC2N)OC[C@@]1(C)O. The molecule has 1 amide bonds. The largest absolute Gasteiger partial charge is 0.467 e. The highest BCUT2D eigenvalue weighted by Gasteiger charge is 2.59. The summed E-state index contributed by atoms with van der Waals surface area (Å²) in [6.07, 6.45) is -3.92. The average Bonchev–Trinajstić information content (AvgIpc) is 3.56. The first kappa shape index (κ1) is 33.4. The van der Waals surface area contributed by atoms with E-state index in [9.17, 15) is 25.2 Å². The van der Waals surface area contributed by atoms with Crippen LogP contribution in [0.25, 0.3) is 0 Å². The third-order valence-corrected chi connectivity index (χ3v) is 8.53. The number of hydrogen-bond acceptors (Lipinski definition) is 15. The Morgan fingerprint density at radius 2 is 1.81 bits per heavy atom. The molecule has 2 aliphatic heterocycles. The molecule has 2 saturated carbocycles. The molecule has 1 saturated heterocycles. The van der Waals surface area contributed by atoms with E-state index in [-0.39, 0.29) is 19.4 Å². The van der Waals surface area contributed by atoms with E-state index in [2.05, 4.69) is 16.0 Å². The van der Waals surface area contributed by atoms with Crippen LogP contribution in [0, 0.1) is 0 Å². The number of hydrogen-bond donors (Lipinski definition) is 11. The van der Waals surface area contributed by atoms with Gasteiger partial charge in [0.25, 0.3) is 5.91 Å². The minimum absolute atomic E-state index is 0.0741. The maximum absolute atomic E-state index is 12.9. The maximum atomic E-state index is 12.9. The van der Waals surface area contributed by atoms with Crippen molar-refractivity contribution in [1.29, 1.82) is 0 Å². The van der Waals surface area contributed by atoms with Crippen LogP contribution in [0.2, 0.25) is 0 Å². The zero-order valence-corrected chi connectivity index (χ0v) is 24.2. The highest BCUT2D eigenvalue weighted by Crippen LogP contribution is 2.36. The lowest BCUT2D eigenvalue weighted by atomic mass is 9.83. The fourth-order valence-corrected chi connectivity index (χ4v) is 5.79. The summed E-state index contributed by atoms with van der Waals surface area (Å²) in [5, 5.41) is 52.4. The van der Waals surface area contributed by atoms with Crippen molar-refractivity contribution in [1.82, 2.24) is 16.0 Å². The van der Waals surface area contributed by atoms with Crippen molar-refractivity contribution in [2.75, 3.05) is 33.3 Å². The van der Waals surface area contributed by atoms with Crippen molar-refractivity contribution in [2.24, 2.45) is 22.9 Å². The molecule has 0 spiro atoms. The van der Waals surface area contributed by atoms with Crippen molar-refractivity contribution in [3.8, 4) is 0 Å². The summed E-state index contributed by atoms with van der Waals surface area (Å²) < 4.78 is 23.9. The van der Waals surface area contributed by atoms with Gasteiger partial charge < -0.3 is 78.3 Å². The van der Waals surface area contributed by atoms with Crippen molar-refractivity contribution in [2.45, 2.75) is 111 Å². The highest BCUT2D eigenvalue weighted by atomic mass is 16.7. The number of aliphatic hydroxyl groups excluding tert-OH is 2. The van der Waals surface area contributed by atoms with Crippen LogP contribution in [0.3, 0.4) is 0 Å². The van der Waals surface area contributed by atoms with Gasteiger partial charge in [-0.25, -0.2) is 0 Å². The van der Waals surface area contributed by atoms with Crippen molar-refractivity contribution in [3.05, 3.63) is 11.8 Å². The van der Waals surface area contributed by atoms with E-state index < -0.39 is 84.3 Å². The predicted molar refractivity (Wildman–Crippen MR) is 149 cm³/mol. The molecule has 0 aromatic rings. The average molecular weight is 604 g/mol. The van der Waals surface area contributed by atoms with Crippen molar-refractivity contribution in [3.63, 3.8) is 0 Å². The second kappa shape index (κ2) is 13.6. The number of nitrogens with two attached hydrogens (primary N) is 4. The molecule has 0 radical (unpaired) electrons. The van der Waals surface area contributed by atoms with E-state index in [0.717, 1.165) is 6.42 Å². The van der Waals surface area contributed by atoms with Crippen LogP contribution in [0.15, 0.2) is 11.8 Å². The fourth-order valence-electron chi connectivity index (χ4n) is 5.79. The van der Waals surface area contributed by atoms with E-state index in [0.29, 0.717) is 31.8 Å². The lowest BCUT2D eigenvalue weighted by Crippen LogP contribution is -2.69.